The maximum absolute atomic E-state index is 5.99. The summed E-state index contributed by atoms with van der Waals surface area (Å²) in [5, 5.41) is 14.4. The second-order valence-electron chi connectivity index (χ2n) is 6.92. The second-order valence-corrected chi connectivity index (χ2v) is 7.36. The molecule has 0 amide bonds. The molecule has 4 heterocycles. The van der Waals surface area contributed by atoms with Gasteiger partial charge in [-0.25, -0.2) is 14.6 Å². The lowest BCUT2D eigenvalue weighted by molar-refractivity contribution is 0.639. The number of anilines is 2. The molecule has 0 N–H and O–H groups in total. The van der Waals surface area contributed by atoms with Crippen LogP contribution in [0.2, 0.25) is 5.02 Å². The van der Waals surface area contributed by atoms with Gasteiger partial charge in [-0.2, -0.15) is 10.2 Å². The molecule has 8 nitrogen and oxygen atoms in total. The van der Waals surface area contributed by atoms with Crippen molar-refractivity contribution in [1.82, 2.24) is 29.9 Å². The first-order valence-corrected chi connectivity index (χ1v) is 9.84. The van der Waals surface area contributed by atoms with Crippen molar-refractivity contribution in [3.63, 3.8) is 0 Å². The number of fused-ring (bicyclic) bond motifs is 1. The predicted octanol–water partition coefficient (Wildman–Crippen LogP) is 2.64. The quantitative estimate of drug-likeness (QED) is 0.515. The van der Waals surface area contributed by atoms with Gasteiger partial charge < -0.3 is 9.80 Å². The first-order chi connectivity index (χ1) is 14.3. The number of aromatic nitrogens is 6. The van der Waals surface area contributed by atoms with Crippen molar-refractivity contribution in [2.45, 2.75) is 6.54 Å². The van der Waals surface area contributed by atoms with Gasteiger partial charge in [-0.15, -0.1) is 5.10 Å². The first-order valence-electron chi connectivity index (χ1n) is 9.46. The molecule has 29 heavy (non-hydrogen) atoms. The minimum atomic E-state index is 0.636. The van der Waals surface area contributed by atoms with Crippen LogP contribution in [-0.4, -0.2) is 56.1 Å². The fourth-order valence-electron chi connectivity index (χ4n) is 3.62. The van der Waals surface area contributed by atoms with Crippen LogP contribution in [0.5, 0.6) is 0 Å². The predicted molar refractivity (Wildman–Crippen MR) is 112 cm³/mol. The zero-order valence-corrected chi connectivity index (χ0v) is 16.4. The Bertz CT molecular complexity index is 1100. The fraction of sp³-hybridized carbons (Fsp3) is 0.250. The van der Waals surface area contributed by atoms with Gasteiger partial charge in [0.1, 0.15) is 12.1 Å². The minimum Gasteiger partial charge on any atom is -0.352 e. The first kappa shape index (κ1) is 17.8. The van der Waals surface area contributed by atoms with Gasteiger partial charge in [0.05, 0.1) is 18.1 Å². The number of halogens is 1. The van der Waals surface area contributed by atoms with E-state index in [-0.39, 0.29) is 0 Å². The summed E-state index contributed by atoms with van der Waals surface area (Å²) in [5.74, 6) is 1.84. The normalized spacial score (nSPS) is 14.5. The highest BCUT2D eigenvalue weighted by atomic mass is 35.5. The largest absolute Gasteiger partial charge is 0.352 e. The van der Waals surface area contributed by atoms with Gasteiger partial charge >= 0.3 is 0 Å². The number of nitrogens with zero attached hydrogens (tertiary/aromatic N) is 8. The molecule has 0 spiro atoms. The number of benzene rings is 1. The Labute approximate surface area is 172 Å². The Balaban J connectivity index is 1.36. The molecule has 146 valence electrons. The third-order valence-electron chi connectivity index (χ3n) is 5.12. The van der Waals surface area contributed by atoms with Crippen molar-refractivity contribution < 1.29 is 0 Å². The molecular weight excluding hydrogens is 388 g/mol. The van der Waals surface area contributed by atoms with E-state index >= 15 is 0 Å². The highest BCUT2D eigenvalue weighted by molar-refractivity contribution is 6.30. The van der Waals surface area contributed by atoms with Crippen LogP contribution in [0.4, 0.5) is 11.6 Å². The molecule has 0 atom stereocenters. The Morgan fingerprint density at radius 2 is 1.72 bits per heavy atom. The molecule has 3 aromatic heterocycles. The minimum absolute atomic E-state index is 0.636. The summed E-state index contributed by atoms with van der Waals surface area (Å²) in [7, 11) is 0. The molecule has 0 saturated carbocycles. The Morgan fingerprint density at radius 3 is 2.48 bits per heavy atom. The Kier molecular flexibility index (Phi) is 4.69. The lowest BCUT2D eigenvalue weighted by Gasteiger charge is -2.35. The molecule has 0 bridgehead atoms. The number of rotatable bonds is 4. The van der Waals surface area contributed by atoms with Gasteiger partial charge in [-0.1, -0.05) is 23.7 Å². The van der Waals surface area contributed by atoms with Gasteiger partial charge in [-0.3, -0.25) is 0 Å². The monoisotopic (exact) mass is 406 g/mol. The zero-order chi connectivity index (χ0) is 19.6. The van der Waals surface area contributed by atoms with E-state index in [1.54, 1.807) is 12.5 Å². The highest BCUT2D eigenvalue weighted by Gasteiger charge is 2.22. The van der Waals surface area contributed by atoms with Crippen LogP contribution in [0.15, 0.2) is 55.1 Å². The van der Waals surface area contributed by atoms with Gasteiger partial charge in [0.15, 0.2) is 11.5 Å². The van der Waals surface area contributed by atoms with E-state index in [0.717, 1.165) is 59.4 Å². The van der Waals surface area contributed by atoms with Gasteiger partial charge in [0.25, 0.3) is 0 Å². The van der Waals surface area contributed by atoms with Crippen LogP contribution in [0, 0.1) is 0 Å². The molecule has 0 unspecified atom stereocenters. The summed E-state index contributed by atoms with van der Waals surface area (Å²) in [6.45, 7) is 4.07. The van der Waals surface area contributed by atoms with E-state index in [9.17, 15) is 0 Å². The smallest absolute Gasteiger partial charge is 0.163 e. The standard InChI is InChI=1S/C20H19ClN8/c21-16-5-3-15(4-6-16)13-29-20-17(12-25-29)19(22-14-23-20)28-10-8-27(9-11-28)18-2-1-7-24-26-18/h1-7,12,14H,8-11,13H2. The van der Waals surface area contributed by atoms with Crippen LogP contribution in [0.1, 0.15) is 5.56 Å². The SMILES string of the molecule is Clc1ccc(Cn2ncc3c(N4CCN(c5cccnn5)CC4)ncnc32)cc1. The summed E-state index contributed by atoms with van der Waals surface area (Å²) in [4.78, 5) is 13.6. The van der Waals surface area contributed by atoms with E-state index in [4.69, 9.17) is 11.6 Å². The summed E-state index contributed by atoms with van der Waals surface area (Å²) >= 11 is 5.99. The van der Waals surface area contributed by atoms with Gasteiger partial charge in [0.2, 0.25) is 0 Å². The molecule has 0 aliphatic carbocycles. The van der Waals surface area contributed by atoms with E-state index in [1.807, 2.05) is 47.3 Å². The lowest BCUT2D eigenvalue weighted by atomic mass is 10.2. The van der Waals surface area contributed by atoms with E-state index in [0.29, 0.717) is 6.54 Å². The molecule has 9 heteroatoms. The third-order valence-corrected chi connectivity index (χ3v) is 5.37. The maximum Gasteiger partial charge on any atom is 0.163 e. The van der Waals surface area contributed by atoms with Crippen LogP contribution in [0.3, 0.4) is 0 Å². The average molecular weight is 407 g/mol. The Morgan fingerprint density at radius 1 is 0.931 bits per heavy atom. The molecule has 1 fully saturated rings. The van der Waals surface area contributed by atoms with Crippen LogP contribution in [0.25, 0.3) is 11.0 Å². The molecule has 1 saturated heterocycles. The zero-order valence-electron chi connectivity index (χ0n) is 15.7. The number of piperazine rings is 1. The second kappa shape index (κ2) is 7.63. The van der Waals surface area contributed by atoms with Crippen molar-refractivity contribution in [3.8, 4) is 0 Å². The highest BCUT2D eigenvalue weighted by Crippen LogP contribution is 2.25. The van der Waals surface area contributed by atoms with Crippen molar-refractivity contribution >= 4 is 34.3 Å². The fourth-order valence-corrected chi connectivity index (χ4v) is 3.75. The maximum atomic E-state index is 5.99. The van der Waals surface area contributed by atoms with Crippen molar-refractivity contribution in [1.29, 1.82) is 0 Å². The number of hydrogen-bond donors (Lipinski definition) is 0. The summed E-state index contributed by atoms with van der Waals surface area (Å²) in [6, 6.07) is 11.7. The molecule has 4 aromatic rings. The molecule has 1 aliphatic rings. The van der Waals surface area contributed by atoms with Crippen molar-refractivity contribution in [2.24, 2.45) is 0 Å². The summed E-state index contributed by atoms with van der Waals surface area (Å²) < 4.78 is 1.90. The van der Waals surface area contributed by atoms with Crippen LogP contribution >= 0.6 is 11.6 Å². The lowest BCUT2D eigenvalue weighted by Crippen LogP contribution is -2.47. The van der Waals surface area contributed by atoms with E-state index < -0.39 is 0 Å². The molecular formula is C20H19ClN8. The molecule has 1 aromatic carbocycles. The van der Waals surface area contributed by atoms with Crippen LogP contribution < -0.4 is 9.80 Å². The third kappa shape index (κ3) is 3.58. The summed E-state index contributed by atoms with van der Waals surface area (Å²) in [5.41, 5.74) is 1.96. The molecule has 1 aliphatic heterocycles. The average Bonchev–Trinajstić information content (AvgIpc) is 3.19. The molecule has 0 radical (unpaired) electrons. The van der Waals surface area contributed by atoms with Crippen molar-refractivity contribution in [3.05, 3.63) is 65.7 Å². The van der Waals surface area contributed by atoms with Crippen LogP contribution in [-0.2, 0) is 6.54 Å². The Hall–Kier alpha value is -3.26. The molecule has 5 rings (SSSR count). The van der Waals surface area contributed by atoms with Crippen molar-refractivity contribution in [2.75, 3.05) is 36.0 Å². The topological polar surface area (TPSA) is 75.9 Å². The van der Waals surface area contributed by atoms with Gasteiger partial charge in [0, 0.05) is 37.4 Å². The van der Waals surface area contributed by atoms with E-state index in [2.05, 4.69) is 35.1 Å². The van der Waals surface area contributed by atoms with Gasteiger partial charge in [-0.05, 0) is 29.8 Å². The number of hydrogen-bond acceptors (Lipinski definition) is 7. The van der Waals surface area contributed by atoms with E-state index in [1.165, 1.54) is 0 Å². The summed E-state index contributed by atoms with van der Waals surface area (Å²) in [6.07, 6.45) is 5.17.